The van der Waals surface area contributed by atoms with Gasteiger partial charge >= 0.3 is 0 Å². The van der Waals surface area contributed by atoms with Crippen LogP contribution in [0.4, 0.5) is 0 Å². The first-order valence-corrected chi connectivity index (χ1v) is 4.38. The van der Waals surface area contributed by atoms with Crippen LogP contribution in [0.25, 0.3) is 0 Å². The third-order valence-electron chi connectivity index (χ3n) is 2.03. The van der Waals surface area contributed by atoms with Gasteiger partial charge in [-0.05, 0) is 24.3 Å². The van der Waals surface area contributed by atoms with Gasteiger partial charge < -0.3 is 14.8 Å². The number of benzene rings is 1. The summed E-state index contributed by atoms with van der Waals surface area (Å²) in [5.74, 6) is 1.55. The van der Waals surface area contributed by atoms with E-state index >= 15 is 0 Å². The lowest BCUT2D eigenvalue weighted by Gasteiger charge is -2.27. The predicted molar refractivity (Wildman–Crippen MR) is 50.2 cm³/mol. The largest absolute Gasteiger partial charge is 0.497 e. The van der Waals surface area contributed by atoms with E-state index < -0.39 is 0 Å². The molecule has 1 heterocycles. The SMILES string of the molecule is COc1ccc(OC2CC(=O)N2)cc1. The van der Waals surface area contributed by atoms with E-state index in [1.165, 1.54) is 0 Å². The third kappa shape index (κ3) is 1.79. The number of nitrogens with one attached hydrogen (secondary N) is 1. The Balaban J connectivity index is 1.93. The molecule has 4 heteroatoms. The minimum Gasteiger partial charge on any atom is -0.497 e. The molecule has 0 aromatic heterocycles. The number of β-lactam (4-membered cyclic amide) rings is 1. The minimum atomic E-state index is -0.170. The van der Waals surface area contributed by atoms with E-state index in [0.717, 1.165) is 11.5 Å². The zero-order valence-corrected chi connectivity index (χ0v) is 7.82. The Hall–Kier alpha value is -1.71. The topological polar surface area (TPSA) is 47.6 Å². The summed E-state index contributed by atoms with van der Waals surface area (Å²) in [6, 6.07) is 7.25. The smallest absolute Gasteiger partial charge is 0.228 e. The average Bonchev–Trinajstić information content (AvgIpc) is 2.17. The Bertz CT molecular complexity index is 326. The lowest BCUT2D eigenvalue weighted by atomic mass is 10.2. The summed E-state index contributed by atoms with van der Waals surface area (Å²) in [5.41, 5.74) is 0. The van der Waals surface area contributed by atoms with E-state index in [1.807, 2.05) is 24.3 Å². The van der Waals surface area contributed by atoms with Crippen LogP contribution in [0.1, 0.15) is 6.42 Å². The standard InChI is InChI=1S/C10H11NO3/c1-13-7-2-4-8(5-3-7)14-10-6-9(12)11-10/h2-5,10H,6H2,1H3,(H,11,12). The van der Waals surface area contributed by atoms with E-state index in [0.29, 0.717) is 6.42 Å². The van der Waals surface area contributed by atoms with E-state index in [-0.39, 0.29) is 12.1 Å². The summed E-state index contributed by atoms with van der Waals surface area (Å²) in [7, 11) is 1.61. The Morgan fingerprint density at radius 3 is 2.36 bits per heavy atom. The average molecular weight is 193 g/mol. The third-order valence-corrected chi connectivity index (χ3v) is 2.03. The van der Waals surface area contributed by atoms with E-state index in [4.69, 9.17) is 9.47 Å². The molecule has 1 amide bonds. The maximum Gasteiger partial charge on any atom is 0.228 e. The van der Waals surface area contributed by atoms with Crippen molar-refractivity contribution in [2.45, 2.75) is 12.6 Å². The second kappa shape index (κ2) is 3.57. The molecule has 1 aliphatic rings. The Morgan fingerprint density at radius 2 is 1.86 bits per heavy atom. The summed E-state index contributed by atoms with van der Waals surface area (Å²) < 4.78 is 10.4. The van der Waals surface area contributed by atoms with Gasteiger partial charge in [-0.3, -0.25) is 4.79 Å². The molecule has 1 fully saturated rings. The van der Waals surface area contributed by atoms with Gasteiger partial charge in [0.05, 0.1) is 13.5 Å². The summed E-state index contributed by atoms with van der Waals surface area (Å²) in [5, 5.41) is 2.63. The molecule has 1 N–H and O–H groups in total. The quantitative estimate of drug-likeness (QED) is 0.726. The molecule has 1 atom stereocenters. The van der Waals surface area contributed by atoms with Crippen molar-refractivity contribution in [1.82, 2.24) is 5.32 Å². The summed E-state index contributed by atoms with van der Waals surface area (Å²) in [6.45, 7) is 0. The maximum absolute atomic E-state index is 10.6. The summed E-state index contributed by atoms with van der Waals surface area (Å²) in [6.07, 6.45) is 0.266. The molecule has 0 bridgehead atoms. The number of carbonyl (C=O) groups excluding carboxylic acids is 1. The van der Waals surface area contributed by atoms with Gasteiger partial charge in [0.25, 0.3) is 0 Å². The van der Waals surface area contributed by atoms with Crippen LogP contribution in [0.3, 0.4) is 0 Å². The second-order valence-corrected chi connectivity index (χ2v) is 3.05. The van der Waals surface area contributed by atoms with Crippen molar-refractivity contribution in [3.63, 3.8) is 0 Å². The minimum absolute atomic E-state index is 0.0310. The Labute approximate surface area is 81.8 Å². The molecule has 4 nitrogen and oxygen atoms in total. The molecule has 1 aromatic carbocycles. The molecule has 1 aliphatic heterocycles. The number of hydrogen-bond acceptors (Lipinski definition) is 3. The first kappa shape index (κ1) is 8.87. The van der Waals surface area contributed by atoms with Gasteiger partial charge in [0.1, 0.15) is 11.5 Å². The highest BCUT2D eigenvalue weighted by Gasteiger charge is 2.26. The number of methoxy groups -OCH3 is 1. The normalized spacial score (nSPS) is 19.5. The Kier molecular flexibility index (Phi) is 2.26. The van der Waals surface area contributed by atoms with Gasteiger partial charge in [-0.15, -0.1) is 0 Å². The van der Waals surface area contributed by atoms with Gasteiger partial charge in [-0.2, -0.15) is 0 Å². The molecule has 14 heavy (non-hydrogen) atoms. The molecule has 2 rings (SSSR count). The number of rotatable bonds is 3. The van der Waals surface area contributed by atoms with Gasteiger partial charge in [-0.25, -0.2) is 0 Å². The first-order valence-electron chi connectivity index (χ1n) is 4.38. The van der Waals surface area contributed by atoms with Crippen LogP contribution >= 0.6 is 0 Å². The van der Waals surface area contributed by atoms with Crippen LogP contribution in [0.2, 0.25) is 0 Å². The molecular formula is C10H11NO3. The predicted octanol–water partition coefficient (Wildman–Crippen LogP) is 0.920. The number of amides is 1. The lowest BCUT2D eigenvalue weighted by Crippen LogP contribution is -2.51. The van der Waals surface area contributed by atoms with E-state index in [9.17, 15) is 4.79 Å². The van der Waals surface area contributed by atoms with Crippen molar-refractivity contribution in [2.24, 2.45) is 0 Å². The second-order valence-electron chi connectivity index (χ2n) is 3.05. The van der Waals surface area contributed by atoms with Gasteiger partial charge in [0.2, 0.25) is 5.91 Å². The highest BCUT2D eigenvalue weighted by Crippen LogP contribution is 2.19. The fraction of sp³-hybridized carbons (Fsp3) is 0.300. The maximum atomic E-state index is 10.6. The van der Waals surface area contributed by atoms with Crippen LogP contribution in [0, 0.1) is 0 Å². The fourth-order valence-corrected chi connectivity index (χ4v) is 1.22. The highest BCUT2D eigenvalue weighted by molar-refractivity contribution is 5.82. The molecule has 1 saturated heterocycles. The van der Waals surface area contributed by atoms with Crippen LogP contribution in [-0.2, 0) is 4.79 Å². The van der Waals surface area contributed by atoms with E-state index in [2.05, 4.69) is 5.32 Å². The number of hydrogen-bond donors (Lipinski definition) is 1. The van der Waals surface area contributed by atoms with E-state index in [1.54, 1.807) is 7.11 Å². The zero-order chi connectivity index (χ0) is 9.97. The highest BCUT2D eigenvalue weighted by atomic mass is 16.5. The number of carbonyl (C=O) groups is 1. The Morgan fingerprint density at radius 1 is 1.29 bits per heavy atom. The monoisotopic (exact) mass is 193 g/mol. The molecule has 0 aliphatic carbocycles. The van der Waals surface area contributed by atoms with Crippen molar-refractivity contribution < 1.29 is 14.3 Å². The summed E-state index contributed by atoms with van der Waals surface area (Å²) >= 11 is 0. The van der Waals surface area contributed by atoms with Crippen LogP contribution in [-0.4, -0.2) is 19.2 Å². The van der Waals surface area contributed by atoms with Crippen molar-refractivity contribution in [3.05, 3.63) is 24.3 Å². The van der Waals surface area contributed by atoms with Gasteiger partial charge in [0, 0.05) is 0 Å². The van der Waals surface area contributed by atoms with Crippen molar-refractivity contribution in [2.75, 3.05) is 7.11 Å². The fourth-order valence-electron chi connectivity index (χ4n) is 1.22. The van der Waals surface area contributed by atoms with Gasteiger partial charge in [-0.1, -0.05) is 0 Å². The molecule has 74 valence electrons. The zero-order valence-electron chi connectivity index (χ0n) is 7.82. The van der Waals surface area contributed by atoms with Crippen LogP contribution in [0.5, 0.6) is 11.5 Å². The lowest BCUT2D eigenvalue weighted by molar-refractivity contribution is -0.134. The molecule has 1 unspecified atom stereocenters. The summed E-state index contributed by atoms with van der Waals surface area (Å²) in [4.78, 5) is 10.6. The van der Waals surface area contributed by atoms with Crippen LogP contribution < -0.4 is 14.8 Å². The van der Waals surface area contributed by atoms with Gasteiger partial charge in [0.15, 0.2) is 6.23 Å². The molecular weight excluding hydrogens is 182 g/mol. The molecule has 1 aromatic rings. The van der Waals surface area contributed by atoms with Crippen molar-refractivity contribution in [3.8, 4) is 11.5 Å². The molecule has 0 radical (unpaired) electrons. The first-order chi connectivity index (χ1) is 6.78. The van der Waals surface area contributed by atoms with Crippen molar-refractivity contribution >= 4 is 5.91 Å². The number of ether oxygens (including phenoxy) is 2. The van der Waals surface area contributed by atoms with Crippen LogP contribution in [0.15, 0.2) is 24.3 Å². The molecule has 0 saturated carbocycles. The van der Waals surface area contributed by atoms with Crippen molar-refractivity contribution in [1.29, 1.82) is 0 Å². The molecule has 0 spiro atoms.